The Morgan fingerprint density at radius 1 is 1.17 bits per heavy atom. The summed E-state index contributed by atoms with van der Waals surface area (Å²) in [6, 6.07) is 1.29. The third-order valence-electron chi connectivity index (χ3n) is 9.04. The van der Waals surface area contributed by atoms with Gasteiger partial charge in [-0.2, -0.15) is 0 Å². The molecule has 0 aromatic rings. The number of hydrogen-bond acceptors (Lipinski definition) is 4. The highest BCUT2D eigenvalue weighted by atomic mass is 28.3. The predicted octanol–water partition coefficient (Wildman–Crippen LogP) is 5.94. The van der Waals surface area contributed by atoms with Crippen molar-refractivity contribution in [3.05, 3.63) is 11.6 Å². The average molecular weight is 435 g/mol. The first kappa shape index (κ1) is 22.5. The van der Waals surface area contributed by atoms with Gasteiger partial charge in [0.05, 0.1) is 26.2 Å². The fourth-order valence-electron chi connectivity index (χ4n) is 7.51. The molecule has 0 N–H and O–H groups in total. The molecule has 4 rings (SSSR count). The molecule has 5 heteroatoms. The highest BCUT2D eigenvalue weighted by Crippen LogP contribution is 2.67. The van der Waals surface area contributed by atoms with E-state index in [1.54, 1.807) is 12.7 Å². The normalized spacial score (nSPS) is 38.8. The van der Waals surface area contributed by atoms with Gasteiger partial charge in [0.25, 0.3) is 0 Å². The molecule has 4 aliphatic rings. The topological polar surface area (TPSA) is 44.8 Å². The van der Waals surface area contributed by atoms with Crippen LogP contribution in [0.3, 0.4) is 0 Å². The molecule has 0 radical (unpaired) electrons. The Morgan fingerprint density at radius 3 is 2.50 bits per heavy atom. The molecule has 3 aliphatic carbocycles. The summed E-state index contributed by atoms with van der Waals surface area (Å²) < 4.78 is 17.7. The summed E-state index contributed by atoms with van der Waals surface area (Å²) in [6.45, 7) is 11.3. The van der Waals surface area contributed by atoms with Crippen molar-refractivity contribution >= 4 is 14.0 Å². The van der Waals surface area contributed by atoms with Gasteiger partial charge in [0, 0.05) is 20.9 Å². The third kappa shape index (κ3) is 3.84. The van der Waals surface area contributed by atoms with Crippen LogP contribution in [-0.4, -0.2) is 40.2 Å². The van der Waals surface area contributed by atoms with Crippen molar-refractivity contribution < 1.29 is 19.0 Å². The number of allylic oxidation sites excluding steroid dienone is 2. The van der Waals surface area contributed by atoms with Gasteiger partial charge >= 0.3 is 5.97 Å². The molecule has 0 unspecified atom stereocenters. The van der Waals surface area contributed by atoms with Gasteiger partial charge in [-0.15, -0.1) is 0 Å². The standard InChI is InChI=1S/C25H42O4Si/c1-23-13-14-25(28-15-16-29-25)17-20(23)7-6-8-21(22(26)27-2)24(23)11-9-19(10-12-24)18-30(3,4)5/h9,20-21H,6-8,10-18H2,1-5H3/t20-,21-,23+,24-/m1/s1. The van der Waals surface area contributed by atoms with Crippen molar-refractivity contribution in [2.24, 2.45) is 22.7 Å². The molecule has 1 saturated heterocycles. The van der Waals surface area contributed by atoms with Crippen LogP contribution in [0.4, 0.5) is 0 Å². The highest BCUT2D eigenvalue weighted by molar-refractivity contribution is 6.76. The molecule has 2 spiro atoms. The monoisotopic (exact) mass is 434 g/mol. The van der Waals surface area contributed by atoms with E-state index < -0.39 is 8.07 Å². The minimum Gasteiger partial charge on any atom is -0.469 e. The summed E-state index contributed by atoms with van der Waals surface area (Å²) in [5.74, 6) is 0.226. The van der Waals surface area contributed by atoms with Gasteiger partial charge in [-0.05, 0) is 61.3 Å². The van der Waals surface area contributed by atoms with Gasteiger partial charge in [-0.3, -0.25) is 4.79 Å². The number of hydrogen-bond donors (Lipinski definition) is 0. The molecule has 1 heterocycles. The lowest BCUT2D eigenvalue weighted by molar-refractivity contribution is -0.226. The Balaban J connectivity index is 1.69. The van der Waals surface area contributed by atoms with E-state index in [9.17, 15) is 4.79 Å². The minimum absolute atomic E-state index is 0.00438. The fourth-order valence-corrected chi connectivity index (χ4v) is 9.20. The molecule has 4 nitrogen and oxygen atoms in total. The van der Waals surface area contributed by atoms with Crippen LogP contribution in [0.1, 0.15) is 64.7 Å². The number of rotatable bonds is 3. The smallest absolute Gasteiger partial charge is 0.309 e. The van der Waals surface area contributed by atoms with Crippen LogP contribution in [0.2, 0.25) is 25.7 Å². The van der Waals surface area contributed by atoms with Crippen molar-refractivity contribution in [3.63, 3.8) is 0 Å². The molecular weight excluding hydrogens is 392 g/mol. The zero-order valence-electron chi connectivity index (χ0n) is 19.9. The first-order chi connectivity index (χ1) is 14.1. The van der Waals surface area contributed by atoms with Crippen LogP contribution < -0.4 is 0 Å². The number of ether oxygens (including phenoxy) is 3. The maximum absolute atomic E-state index is 13.1. The van der Waals surface area contributed by atoms with E-state index in [0.29, 0.717) is 5.92 Å². The second-order valence-corrected chi connectivity index (χ2v) is 17.4. The second kappa shape index (κ2) is 8.04. The number of fused-ring (bicyclic) bond motifs is 2. The Morgan fingerprint density at radius 2 is 1.90 bits per heavy atom. The van der Waals surface area contributed by atoms with Crippen LogP contribution in [-0.2, 0) is 19.0 Å². The largest absolute Gasteiger partial charge is 0.469 e. The number of carbonyl (C=O) groups is 1. The van der Waals surface area contributed by atoms with Gasteiger partial charge < -0.3 is 14.2 Å². The van der Waals surface area contributed by atoms with Crippen LogP contribution in [0.15, 0.2) is 11.6 Å². The van der Waals surface area contributed by atoms with E-state index in [1.165, 1.54) is 12.5 Å². The van der Waals surface area contributed by atoms with Crippen molar-refractivity contribution in [1.82, 2.24) is 0 Å². The van der Waals surface area contributed by atoms with Gasteiger partial charge in [-0.25, -0.2) is 0 Å². The molecule has 0 amide bonds. The SMILES string of the molecule is COC(=O)[C@H]1CCC[C@@H]2CC3(CC[C@]2(C)[C@@]12CC=C(C[Si](C)(C)C)CC2)OCCO3. The summed E-state index contributed by atoms with van der Waals surface area (Å²) in [4.78, 5) is 13.1. The summed E-state index contributed by atoms with van der Waals surface area (Å²) in [5, 5.41) is 0. The molecule has 0 aromatic heterocycles. The number of esters is 1. The lowest BCUT2D eigenvalue weighted by Gasteiger charge is -2.59. The van der Waals surface area contributed by atoms with E-state index >= 15 is 0 Å². The van der Waals surface area contributed by atoms with Crippen LogP contribution in [0.25, 0.3) is 0 Å². The average Bonchev–Trinajstić information content (AvgIpc) is 3.11. The van der Waals surface area contributed by atoms with E-state index in [4.69, 9.17) is 14.2 Å². The lowest BCUT2D eigenvalue weighted by Crippen LogP contribution is -2.56. The number of methoxy groups -OCH3 is 1. The quantitative estimate of drug-likeness (QED) is 0.313. The molecular formula is C25H42O4Si. The molecule has 2 saturated carbocycles. The van der Waals surface area contributed by atoms with E-state index in [2.05, 4.69) is 32.6 Å². The fraction of sp³-hybridized carbons (Fsp3) is 0.880. The summed E-state index contributed by atoms with van der Waals surface area (Å²) in [6.07, 6.45) is 12.1. The van der Waals surface area contributed by atoms with Crippen LogP contribution >= 0.6 is 0 Å². The van der Waals surface area contributed by atoms with Gasteiger partial charge in [0.15, 0.2) is 5.79 Å². The molecule has 4 atom stereocenters. The minimum atomic E-state index is -1.13. The molecule has 170 valence electrons. The van der Waals surface area contributed by atoms with Crippen LogP contribution in [0.5, 0.6) is 0 Å². The molecule has 0 bridgehead atoms. The predicted molar refractivity (Wildman–Crippen MR) is 122 cm³/mol. The maximum Gasteiger partial charge on any atom is 0.309 e. The highest BCUT2D eigenvalue weighted by Gasteiger charge is 2.63. The Kier molecular flexibility index (Phi) is 6.04. The first-order valence-corrected chi connectivity index (χ1v) is 15.9. The zero-order chi connectivity index (χ0) is 21.6. The van der Waals surface area contributed by atoms with Gasteiger partial charge in [0.2, 0.25) is 0 Å². The molecule has 30 heavy (non-hydrogen) atoms. The Hall–Kier alpha value is -0.653. The Bertz CT molecular complexity index is 690. The van der Waals surface area contributed by atoms with Crippen molar-refractivity contribution in [3.8, 4) is 0 Å². The lowest BCUT2D eigenvalue weighted by atomic mass is 9.46. The summed E-state index contributed by atoms with van der Waals surface area (Å²) >= 11 is 0. The molecule has 3 fully saturated rings. The van der Waals surface area contributed by atoms with Gasteiger partial charge in [-0.1, -0.05) is 44.6 Å². The van der Waals surface area contributed by atoms with Crippen LogP contribution in [0, 0.1) is 22.7 Å². The zero-order valence-corrected chi connectivity index (χ0v) is 20.9. The third-order valence-corrected chi connectivity index (χ3v) is 10.6. The van der Waals surface area contributed by atoms with E-state index in [1.807, 2.05) is 0 Å². The van der Waals surface area contributed by atoms with E-state index in [-0.39, 0.29) is 28.5 Å². The van der Waals surface area contributed by atoms with Crippen molar-refractivity contribution in [2.45, 2.75) is 96.2 Å². The van der Waals surface area contributed by atoms with Crippen molar-refractivity contribution in [1.29, 1.82) is 0 Å². The van der Waals surface area contributed by atoms with Gasteiger partial charge in [0.1, 0.15) is 0 Å². The summed E-state index contributed by atoms with van der Waals surface area (Å²) in [7, 11) is 0.446. The second-order valence-electron chi connectivity index (χ2n) is 11.9. The van der Waals surface area contributed by atoms with Crippen molar-refractivity contribution in [2.75, 3.05) is 20.3 Å². The summed E-state index contributed by atoms with van der Waals surface area (Å²) in [5.41, 5.74) is 1.77. The first-order valence-electron chi connectivity index (χ1n) is 12.2. The van der Waals surface area contributed by atoms with E-state index in [0.717, 1.165) is 64.6 Å². The maximum atomic E-state index is 13.1. The molecule has 0 aromatic carbocycles. The Labute approximate surface area is 184 Å². The molecule has 1 aliphatic heterocycles. The number of carbonyl (C=O) groups excluding carboxylic acids is 1.